The van der Waals surface area contributed by atoms with E-state index in [1.807, 2.05) is 25.7 Å². The minimum atomic E-state index is -0.414. The summed E-state index contributed by atoms with van der Waals surface area (Å²) in [5.41, 5.74) is -0.414. The standard InChI is InChI=1S/C13H23NO3/c1-13(2,3)17-12(16)14-6-10-4-9(8-15)5-11(10)7-14/h9-11,15H,4-8H2,1-3H3/t9-,10+,11-. The predicted octanol–water partition coefficient (Wildman–Crippen LogP) is 1.87. The van der Waals surface area contributed by atoms with Gasteiger partial charge in [0, 0.05) is 19.7 Å². The molecule has 1 saturated heterocycles. The molecule has 0 aromatic carbocycles. The third-order valence-corrected chi connectivity index (χ3v) is 3.76. The Bertz CT molecular complexity index is 284. The van der Waals surface area contributed by atoms with Crippen LogP contribution in [-0.4, -0.2) is 41.4 Å². The van der Waals surface area contributed by atoms with Gasteiger partial charge in [0.05, 0.1) is 0 Å². The van der Waals surface area contributed by atoms with Crippen molar-refractivity contribution in [3.63, 3.8) is 0 Å². The second-order valence-electron chi connectivity index (χ2n) is 6.43. The lowest BCUT2D eigenvalue weighted by molar-refractivity contribution is 0.0276. The van der Waals surface area contributed by atoms with Gasteiger partial charge in [-0.25, -0.2) is 4.79 Å². The number of rotatable bonds is 1. The Morgan fingerprint density at radius 1 is 1.29 bits per heavy atom. The summed E-state index contributed by atoms with van der Waals surface area (Å²) in [4.78, 5) is 13.7. The number of fused-ring (bicyclic) bond motifs is 1. The van der Waals surface area contributed by atoms with Gasteiger partial charge in [0.25, 0.3) is 0 Å². The molecule has 1 heterocycles. The molecule has 0 bridgehead atoms. The van der Waals surface area contributed by atoms with Gasteiger partial charge in [-0.2, -0.15) is 0 Å². The van der Waals surface area contributed by atoms with Crippen molar-refractivity contribution in [3.05, 3.63) is 0 Å². The SMILES string of the molecule is CC(C)(C)OC(=O)N1C[C@H]2C[C@H](CO)C[C@H]2C1. The van der Waals surface area contributed by atoms with Crippen LogP contribution in [0.4, 0.5) is 4.79 Å². The molecule has 17 heavy (non-hydrogen) atoms. The van der Waals surface area contributed by atoms with Gasteiger partial charge in [-0.05, 0) is 51.4 Å². The molecule has 0 radical (unpaired) electrons. The van der Waals surface area contributed by atoms with Gasteiger partial charge in [-0.15, -0.1) is 0 Å². The molecule has 1 amide bonds. The highest BCUT2D eigenvalue weighted by atomic mass is 16.6. The molecule has 0 spiro atoms. The molecule has 98 valence electrons. The molecule has 2 aliphatic rings. The van der Waals surface area contributed by atoms with E-state index in [-0.39, 0.29) is 6.09 Å². The Hall–Kier alpha value is -0.770. The van der Waals surface area contributed by atoms with Crippen LogP contribution < -0.4 is 0 Å². The maximum absolute atomic E-state index is 11.9. The summed E-state index contributed by atoms with van der Waals surface area (Å²) in [5.74, 6) is 1.59. The Morgan fingerprint density at radius 2 is 1.82 bits per heavy atom. The van der Waals surface area contributed by atoms with Crippen LogP contribution in [0.3, 0.4) is 0 Å². The van der Waals surface area contributed by atoms with Gasteiger partial charge in [0.15, 0.2) is 0 Å². The third kappa shape index (κ3) is 2.92. The van der Waals surface area contributed by atoms with Crippen molar-refractivity contribution in [2.24, 2.45) is 17.8 Å². The van der Waals surface area contributed by atoms with E-state index in [2.05, 4.69) is 0 Å². The first kappa shape index (κ1) is 12.7. The van der Waals surface area contributed by atoms with E-state index in [0.29, 0.717) is 24.4 Å². The lowest BCUT2D eigenvalue weighted by atomic mass is 10.0. The maximum atomic E-state index is 11.9. The molecule has 4 heteroatoms. The van der Waals surface area contributed by atoms with Crippen LogP contribution >= 0.6 is 0 Å². The summed E-state index contributed by atoms with van der Waals surface area (Å²) in [6.45, 7) is 7.57. The highest BCUT2D eigenvalue weighted by Gasteiger charge is 2.42. The van der Waals surface area contributed by atoms with E-state index in [0.717, 1.165) is 25.9 Å². The van der Waals surface area contributed by atoms with Crippen LogP contribution in [0, 0.1) is 17.8 Å². The van der Waals surface area contributed by atoms with Crippen molar-refractivity contribution in [2.75, 3.05) is 19.7 Å². The van der Waals surface area contributed by atoms with Gasteiger partial charge in [0.2, 0.25) is 0 Å². The maximum Gasteiger partial charge on any atom is 0.410 e. The lowest BCUT2D eigenvalue weighted by Gasteiger charge is -2.25. The molecular formula is C13H23NO3. The summed E-state index contributed by atoms with van der Waals surface area (Å²) in [6, 6.07) is 0. The molecule has 0 unspecified atom stereocenters. The number of likely N-dealkylation sites (tertiary alicyclic amines) is 1. The van der Waals surface area contributed by atoms with Gasteiger partial charge in [0.1, 0.15) is 5.60 Å². The van der Waals surface area contributed by atoms with Crippen molar-refractivity contribution in [2.45, 2.75) is 39.2 Å². The molecule has 1 N–H and O–H groups in total. The average molecular weight is 241 g/mol. The summed E-state index contributed by atoms with van der Waals surface area (Å²) < 4.78 is 5.38. The fraction of sp³-hybridized carbons (Fsp3) is 0.923. The van der Waals surface area contributed by atoms with Crippen molar-refractivity contribution in [3.8, 4) is 0 Å². The quantitative estimate of drug-likeness (QED) is 0.762. The highest BCUT2D eigenvalue weighted by molar-refractivity contribution is 5.68. The van der Waals surface area contributed by atoms with Crippen molar-refractivity contribution in [1.82, 2.24) is 4.90 Å². The Labute approximate surface area is 103 Å². The Balaban J connectivity index is 1.86. The second-order valence-corrected chi connectivity index (χ2v) is 6.43. The van der Waals surface area contributed by atoms with Gasteiger partial charge < -0.3 is 14.7 Å². The molecule has 1 aliphatic heterocycles. The van der Waals surface area contributed by atoms with Crippen molar-refractivity contribution >= 4 is 6.09 Å². The average Bonchev–Trinajstić information content (AvgIpc) is 2.70. The van der Waals surface area contributed by atoms with Crippen molar-refractivity contribution < 1.29 is 14.6 Å². The van der Waals surface area contributed by atoms with E-state index >= 15 is 0 Å². The molecule has 0 aromatic heterocycles. The van der Waals surface area contributed by atoms with Crippen LogP contribution in [0.2, 0.25) is 0 Å². The smallest absolute Gasteiger partial charge is 0.410 e. The van der Waals surface area contributed by atoms with Gasteiger partial charge in [-0.1, -0.05) is 0 Å². The zero-order valence-electron chi connectivity index (χ0n) is 11.0. The van der Waals surface area contributed by atoms with E-state index in [1.54, 1.807) is 0 Å². The molecule has 0 aromatic rings. The third-order valence-electron chi connectivity index (χ3n) is 3.76. The minimum absolute atomic E-state index is 0.188. The zero-order valence-corrected chi connectivity index (χ0v) is 11.0. The number of nitrogens with zero attached hydrogens (tertiary/aromatic N) is 1. The number of amides is 1. The molecular weight excluding hydrogens is 218 g/mol. The number of aliphatic hydroxyl groups is 1. The van der Waals surface area contributed by atoms with Crippen LogP contribution in [0.15, 0.2) is 0 Å². The molecule has 1 aliphatic carbocycles. The van der Waals surface area contributed by atoms with E-state index < -0.39 is 5.60 Å². The summed E-state index contributed by atoms with van der Waals surface area (Å²) in [5, 5.41) is 9.14. The van der Waals surface area contributed by atoms with E-state index in [9.17, 15) is 4.79 Å². The minimum Gasteiger partial charge on any atom is -0.444 e. The van der Waals surface area contributed by atoms with Crippen LogP contribution in [0.5, 0.6) is 0 Å². The normalized spacial score (nSPS) is 32.7. The fourth-order valence-corrected chi connectivity index (χ4v) is 3.05. The number of carbonyl (C=O) groups excluding carboxylic acids is 1. The van der Waals surface area contributed by atoms with E-state index in [1.165, 1.54) is 0 Å². The fourth-order valence-electron chi connectivity index (χ4n) is 3.05. The summed E-state index contributed by atoms with van der Waals surface area (Å²) in [6.07, 6.45) is 1.92. The summed E-state index contributed by atoms with van der Waals surface area (Å²) in [7, 11) is 0. The number of carbonyl (C=O) groups is 1. The van der Waals surface area contributed by atoms with Gasteiger partial charge >= 0.3 is 6.09 Å². The van der Waals surface area contributed by atoms with E-state index in [4.69, 9.17) is 9.84 Å². The largest absolute Gasteiger partial charge is 0.444 e. The molecule has 3 atom stereocenters. The zero-order chi connectivity index (χ0) is 12.6. The van der Waals surface area contributed by atoms with Crippen molar-refractivity contribution in [1.29, 1.82) is 0 Å². The van der Waals surface area contributed by atoms with Gasteiger partial charge in [-0.3, -0.25) is 0 Å². The number of hydrogen-bond donors (Lipinski definition) is 1. The van der Waals surface area contributed by atoms with Crippen LogP contribution in [-0.2, 0) is 4.74 Å². The molecule has 2 rings (SSSR count). The topological polar surface area (TPSA) is 49.8 Å². The number of hydrogen-bond acceptors (Lipinski definition) is 3. The first-order valence-electron chi connectivity index (χ1n) is 6.48. The lowest BCUT2D eigenvalue weighted by Crippen LogP contribution is -2.36. The molecule has 4 nitrogen and oxygen atoms in total. The summed E-state index contributed by atoms with van der Waals surface area (Å²) >= 11 is 0. The molecule has 2 fully saturated rings. The number of ether oxygens (including phenoxy) is 1. The first-order valence-corrected chi connectivity index (χ1v) is 6.48. The molecule has 1 saturated carbocycles. The van der Waals surface area contributed by atoms with Crippen LogP contribution in [0.25, 0.3) is 0 Å². The monoisotopic (exact) mass is 241 g/mol. The second kappa shape index (κ2) is 4.48. The Morgan fingerprint density at radius 3 is 2.24 bits per heavy atom. The predicted molar refractivity (Wildman–Crippen MR) is 64.6 cm³/mol. The number of aliphatic hydroxyl groups excluding tert-OH is 1. The van der Waals surface area contributed by atoms with Crippen LogP contribution in [0.1, 0.15) is 33.6 Å². The first-order chi connectivity index (χ1) is 7.89. The highest BCUT2D eigenvalue weighted by Crippen LogP contribution is 2.41. The Kier molecular flexibility index (Phi) is 3.34.